The lowest BCUT2D eigenvalue weighted by Crippen LogP contribution is -2.29. The van der Waals surface area contributed by atoms with Crippen molar-refractivity contribution in [2.24, 2.45) is 5.73 Å². The second-order valence-corrected chi connectivity index (χ2v) is 4.13. The largest absolute Gasteiger partial charge is 0.367 e. The average Bonchev–Trinajstić information content (AvgIpc) is 2.83. The zero-order chi connectivity index (χ0) is 12.7. The molecule has 5 heteroatoms. The summed E-state index contributed by atoms with van der Waals surface area (Å²) >= 11 is 0. The Balaban J connectivity index is 2.83. The molecule has 1 aromatic heterocycles. The van der Waals surface area contributed by atoms with Crippen LogP contribution >= 0.6 is 0 Å². The molecule has 17 heavy (non-hydrogen) atoms. The molecule has 0 unspecified atom stereocenters. The van der Waals surface area contributed by atoms with E-state index in [9.17, 15) is 0 Å². The van der Waals surface area contributed by atoms with E-state index in [0.717, 1.165) is 37.3 Å². The fourth-order valence-corrected chi connectivity index (χ4v) is 1.99. The van der Waals surface area contributed by atoms with Crippen molar-refractivity contribution in [3.8, 4) is 0 Å². The number of hydrogen-bond donors (Lipinski definition) is 2. The first-order chi connectivity index (χ1) is 8.22. The molecule has 1 aromatic rings. The van der Waals surface area contributed by atoms with Crippen LogP contribution in [0.4, 0.5) is 0 Å². The maximum absolute atomic E-state index is 5.86. The van der Waals surface area contributed by atoms with Gasteiger partial charge in [-0.2, -0.15) is 5.10 Å². The summed E-state index contributed by atoms with van der Waals surface area (Å²) in [5, 5.41) is 7.28. The minimum absolute atomic E-state index is 0.341. The summed E-state index contributed by atoms with van der Waals surface area (Å²) in [6.45, 7) is 7.56. The number of aromatic amines is 1. The summed E-state index contributed by atoms with van der Waals surface area (Å²) in [7, 11) is 0. The van der Waals surface area contributed by atoms with Gasteiger partial charge in [-0.25, -0.2) is 4.98 Å². The zero-order valence-electron chi connectivity index (χ0n) is 11.1. The lowest BCUT2D eigenvalue weighted by atomic mass is 9.96. The van der Waals surface area contributed by atoms with Crippen LogP contribution in [0.5, 0.6) is 0 Å². The molecule has 3 N–H and O–H groups in total. The monoisotopic (exact) mass is 240 g/mol. The minimum Gasteiger partial charge on any atom is -0.367 e. The van der Waals surface area contributed by atoms with E-state index in [-0.39, 0.29) is 5.60 Å². The van der Waals surface area contributed by atoms with Crippen molar-refractivity contribution in [3.63, 3.8) is 0 Å². The molecule has 98 valence electrons. The molecule has 1 heterocycles. The number of nitrogens with one attached hydrogen (secondary N) is 1. The zero-order valence-corrected chi connectivity index (χ0v) is 11.1. The van der Waals surface area contributed by atoms with Crippen molar-refractivity contribution < 1.29 is 4.74 Å². The van der Waals surface area contributed by atoms with E-state index in [4.69, 9.17) is 10.5 Å². The number of aryl methyl sites for hydroxylation is 1. The molecule has 0 aliphatic heterocycles. The van der Waals surface area contributed by atoms with E-state index in [1.807, 2.05) is 6.92 Å². The number of H-pyrrole nitrogens is 1. The maximum atomic E-state index is 5.86. The van der Waals surface area contributed by atoms with Crippen molar-refractivity contribution >= 4 is 0 Å². The summed E-state index contributed by atoms with van der Waals surface area (Å²) in [4.78, 5) is 4.53. The van der Waals surface area contributed by atoms with Gasteiger partial charge in [0.25, 0.3) is 0 Å². The Morgan fingerprint density at radius 2 is 2.00 bits per heavy atom. The Bertz CT molecular complexity index is 320. The lowest BCUT2D eigenvalue weighted by molar-refractivity contribution is -0.0569. The molecule has 0 aliphatic rings. The Labute approximate surface area is 103 Å². The summed E-state index contributed by atoms with van der Waals surface area (Å²) in [6, 6.07) is 0. The molecule has 1 rings (SSSR count). The standard InChI is InChI=1S/C12H24N4O/c1-4-12(5-2,17-6-3)11-14-10(15-16-11)8-7-9-13/h4-9,13H2,1-3H3,(H,14,15,16). The highest BCUT2D eigenvalue weighted by atomic mass is 16.5. The highest BCUT2D eigenvalue weighted by Gasteiger charge is 2.33. The first-order valence-electron chi connectivity index (χ1n) is 6.48. The van der Waals surface area contributed by atoms with Crippen LogP contribution in [0.1, 0.15) is 51.7 Å². The third kappa shape index (κ3) is 3.26. The number of ether oxygens (including phenoxy) is 1. The highest BCUT2D eigenvalue weighted by molar-refractivity contribution is 5.03. The van der Waals surface area contributed by atoms with Crippen LogP contribution in [-0.2, 0) is 16.8 Å². The molecule has 0 atom stereocenters. The normalized spacial score (nSPS) is 12.0. The van der Waals surface area contributed by atoms with Gasteiger partial charge in [0.2, 0.25) is 0 Å². The molecule has 5 nitrogen and oxygen atoms in total. The molecule has 0 aromatic carbocycles. The molecule has 0 fully saturated rings. The van der Waals surface area contributed by atoms with Gasteiger partial charge >= 0.3 is 0 Å². The van der Waals surface area contributed by atoms with Gasteiger partial charge < -0.3 is 10.5 Å². The van der Waals surface area contributed by atoms with E-state index in [1.165, 1.54) is 0 Å². The highest BCUT2D eigenvalue weighted by Crippen LogP contribution is 2.30. The lowest BCUT2D eigenvalue weighted by Gasteiger charge is -2.28. The molecule has 0 amide bonds. The van der Waals surface area contributed by atoms with Crippen LogP contribution in [-0.4, -0.2) is 28.3 Å². The number of aromatic nitrogens is 3. The van der Waals surface area contributed by atoms with Gasteiger partial charge in [0.05, 0.1) is 0 Å². The van der Waals surface area contributed by atoms with Crippen LogP contribution in [0, 0.1) is 0 Å². The third-order valence-electron chi connectivity index (χ3n) is 3.12. The Morgan fingerprint density at radius 1 is 1.29 bits per heavy atom. The van der Waals surface area contributed by atoms with Gasteiger partial charge in [0.15, 0.2) is 5.82 Å². The minimum atomic E-state index is -0.341. The first-order valence-corrected chi connectivity index (χ1v) is 6.48. The van der Waals surface area contributed by atoms with Crippen LogP contribution < -0.4 is 5.73 Å². The summed E-state index contributed by atoms with van der Waals surface area (Å²) in [6.07, 6.45) is 3.53. The molecule has 0 aliphatic carbocycles. The molecule has 0 spiro atoms. The van der Waals surface area contributed by atoms with E-state index < -0.39 is 0 Å². The topological polar surface area (TPSA) is 76.8 Å². The Morgan fingerprint density at radius 3 is 2.53 bits per heavy atom. The smallest absolute Gasteiger partial charge is 0.182 e. The number of nitrogens with zero attached hydrogens (tertiary/aromatic N) is 2. The van der Waals surface area contributed by atoms with Crippen molar-refractivity contribution in [2.45, 2.75) is 52.1 Å². The maximum Gasteiger partial charge on any atom is 0.182 e. The number of nitrogens with two attached hydrogens (primary N) is 1. The SMILES string of the molecule is CCOC(CC)(CC)c1n[nH]c(CCCN)n1. The molecule has 0 bridgehead atoms. The fraction of sp³-hybridized carbons (Fsp3) is 0.833. The van der Waals surface area contributed by atoms with Crippen molar-refractivity contribution in [1.29, 1.82) is 0 Å². The van der Waals surface area contributed by atoms with Gasteiger partial charge in [-0.3, -0.25) is 5.10 Å². The van der Waals surface area contributed by atoms with E-state index in [1.54, 1.807) is 0 Å². The van der Waals surface area contributed by atoms with E-state index in [0.29, 0.717) is 13.2 Å². The van der Waals surface area contributed by atoms with Crippen molar-refractivity contribution in [3.05, 3.63) is 11.6 Å². The number of rotatable bonds is 8. The summed E-state index contributed by atoms with van der Waals surface area (Å²) in [5.74, 6) is 1.67. The summed E-state index contributed by atoms with van der Waals surface area (Å²) < 4.78 is 5.86. The van der Waals surface area contributed by atoms with Crippen LogP contribution in [0.15, 0.2) is 0 Å². The third-order valence-corrected chi connectivity index (χ3v) is 3.12. The van der Waals surface area contributed by atoms with Crippen molar-refractivity contribution in [1.82, 2.24) is 15.2 Å². The molecular weight excluding hydrogens is 216 g/mol. The van der Waals surface area contributed by atoms with Gasteiger partial charge in [-0.05, 0) is 32.7 Å². The Kier molecular flexibility index (Phi) is 5.58. The predicted octanol–water partition coefficient (Wildman–Crippen LogP) is 1.75. The first kappa shape index (κ1) is 14.1. The molecule has 0 saturated carbocycles. The van der Waals surface area contributed by atoms with Crippen LogP contribution in [0.25, 0.3) is 0 Å². The van der Waals surface area contributed by atoms with Crippen LogP contribution in [0.2, 0.25) is 0 Å². The predicted molar refractivity (Wildman–Crippen MR) is 67.6 cm³/mol. The van der Waals surface area contributed by atoms with Gasteiger partial charge in [-0.1, -0.05) is 13.8 Å². The quantitative estimate of drug-likeness (QED) is 0.725. The second kappa shape index (κ2) is 6.71. The van der Waals surface area contributed by atoms with Gasteiger partial charge in [0, 0.05) is 13.0 Å². The average molecular weight is 240 g/mol. The van der Waals surface area contributed by atoms with Crippen LogP contribution in [0.3, 0.4) is 0 Å². The molecular formula is C12H24N4O. The molecule has 0 saturated heterocycles. The summed E-state index contributed by atoms with van der Waals surface area (Å²) in [5.41, 5.74) is 5.14. The number of hydrogen-bond acceptors (Lipinski definition) is 4. The Hall–Kier alpha value is -0.940. The van der Waals surface area contributed by atoms with E-state index in [2.05, 4.69) is 29.0 Å². The van der Waals surface area contributed by atoms with Crippen molar-refractivity contribution in [2.75, 3.05) is 13.2 Å². The molecule has 0 radical (unpaired) electrons. The van der Waals surface area contributed by atoms with E-state index >= 15 is 0 Å². The van der Waals surface area contributed by atoms with Gasteiger partial charge in [-0.15, -0.1) is 0 Å². The fourth-order valence-electron chi connectivity index (χ4n) is 1.99. The second-order valence-electron chi connectivity index (χ2n) is 4.13. The van der Waals surface area contributed by atoms with Gasteiger partial charge in [0.1, 0.15) is 11.4 Å².